The van der Waals surface area contributed by atoms with Crippen LogP contribution in [0.15, 0.2) is 41.3 Å². The minimum Gasteiger partial charge on any atom is -0.392 e. The quantitative estimate of drug-likeness (QED) is 0.906. The smallest absolute Gasteiger partial charge is 0.262 e. The molecule has 0 bridgehead atoms. The van der Waals surface area contributed by atoms with Crippen molar-refractivity contribution >= 4 is 27.3 Å². The minimum atomic E-state index is -3.77. The molecule has 0 aromatic heterocycles. The number of aryl methyl sites for hydroxylation is 1. The zero-order chi connectivity index (χ0) is 15.6. The Hall–Kier alpha value is -1.56. The maximum absolute atomic E-state index is 12.5. The van der Waals surface area contributed by atoms with Gasteiger partial charge in [-0.3, -0.25) is 4.72 Å². The summed E-state index contributed by atoms with van der Waals surface area (Å²) in [7, 11) is -3.77. The summed E-state index contributed by atoms with van der Waals surface area (Å²) in [6.45, 7) is 3.33. The van der Waals surface area contributed by atoms with Crippen LogP contribution in [0.3, 0.4) is 0 Å². The molecule has 0 aliphatic heterocycles. The number of hydrogen-bond donors (Lipinski definition) is 2. The van der Waals surface area contributed by atoms with E-state index in [0.29, 0.717) is 21.8 Å². The first kappa shape index (κ1) is 15.8. The third-order valence-electron chi connectivity index (χ3n) is 3.27. The van der Waals surface area contributed by atoms with Gasteiger partial charge in [-0.05, 0) is 48.7 Å². The van der Waals surface area contributed by atoms with E-state index >= 15 is 0 Å². The summed E-state index contributed by atoms with van der Waals surface area (Å²) in [6.07, 6.45) is 0. The van der Waals surface area contributed by atoms with E-state index in [4.69, 9.17) is 11.6 Å². The maximum atomic E-state index is 12.5. The van der Waals surface area contributed by atoms with Crippen LogP contribution >= 0.6 is 11.6 Å². The first-order valence-corrected chi connectivity index (χ1v) is 8.19. The lowest BCUT2D eigenvalue weighted by molar-refractivity contribution is 0.281. The van der Waals surface area contributed by atoms with Crippen LogP contribution in [0.4, 0.5) is 5.69 Å². The average Bonchev–Trinajstić information content (AvgIpc) is 2.43. The largest absolute Gasteiger partial charge is 0.392 e. The zero-order valence-corrected chi connectivity index (χ0v) is 13.3. The monoisotopic (exact) mass is 325 g/mol. The highest BCUT2D eigenvalue weighted by atomic mass is 35.5. The topological polar surface area (TPSA) is 66.4 Å². The van der Waals surface area contributed by atoms with Gasteiger partial charge in [0.1, 0.15) is 0 Å². The van der Waals surface area contributed by atoms with Crippen LogP contribution in [0.5, 0.6) is 0 Å². The Bertz CT molecular complexity index is 772. The fraction of sp³-hybridized carbons (Fsp3) is 0.200. The third-order valence-corrected chi connectivity index (χ3v) is 5.09. The summed E-state index contributed by atoms with van der Waals surface area (Å²) in [5.74, 6) is 0. The summed E-state index contributed by atoms with van der Waals surface area (Å²) in [5, 5.41) is 9.57. The number of para-hydroxylation sites is 1. The molecule has 4 nitrogen and oxygen atoms in total. The molecule has 2 rings (SSSR count). The van der Waals surface area contributed by atoms with E-state index in [1.54, 1.807) is 37.3 Å². The third kappa shape index (κ3) is 3.37. The number of sulfonamides is 1. The van der Waals surface area contributed by atoms with E-state index in [1.165, 1.54) is 6.07 Å². The minimum absolute atomic E-state index is 0.145. The Kier molecular flexibility index (Phi) is 4.56. The Morgan fingerprint density at radius 1 is 1.19 bits per heavy atom. The first-order valence-electron chi connectivity index (χ1n) is 6.33. The van der Waals surface area contributed by atoms with Crippen molar-refractivity contribution in [2.24, 2.45) is 0 Å². The molecule has 0 saturated heterocycles. The predicted molar refractivity (Wildman–Crippen MR) is 84.1 cm³/mol. The molecule has 112 valence electrons. The lowest BCUT2D eigenvalue weighted by atomic mass is 10.1. The normalized spacial score (nSPS) is 11.4. The van der Waals surface area contributed by atoms with E-state index < -0.39 is 10.0 Å². The van der Waals surface area contributed by atoms with Gasteiger partial charge in [-0.15, -0.1) is 0 Å². The molecule has 0 saturated carbocycles. The highest BCUT2D eigenvalue weighted by Gasteiger charge is 2.20. The average molecular weight is 326 g/mol. The second-order valence-corrected chi connectivity index (χ2v) is 6.84. The van der Waals surface area contributed by atoms with Crippen molar-refractivity contribution < 1.29 is 13.5 Å². The molecule has 0 unspecified atom stereocenters. The summed E-state index contributed by atoms with van der Waals surface area (Å²) in [4.78, 5) is 0.145. The van der Waals surface area contributed by atoms with Crippen molar-refractivity contribution in [1.82, 2.24) is 0 Å². The number of rotatable bonds is 4. The molecule has 0 atom stereocenters. The highest BCUT2D eigenvalue weighted by molar-refractivity contribution is 7.92. The summed E-state index contributed by atoms with van der Waals surface area (Å²) < 4.78 is 27.6. The number of hydrogen-bond acceptors (Lipinski definition) is 3. The van der Waals surface area contributed by atoms with Crippen LogP contribution in [-0.4, -0.2) is 13.5 Å². The number of benzene rings is 2. The van der Waals surface area contributed by atoms with Gasteiger partial charge in [0.15, 0.2) is 0 Å². The molecular weight excluding hydrogens is 310 g/mol. The molecule has 2 aromatic carbocycles. The van der Waals surface area contributed by atoms with Gasteiger partial charge in [0.2, 0.25) is 0 Å². The molecule has 0 spiro atoms. The highest BCUT2D eigenvalue weighted by Crippen LogP contribution is 2.27. The van der Waals surface area contributed by atoms with Gasteiger partial charge in [0, 0.05) is 0 Å². The predicted octanol–water partition coefficient (Wildman–Crippen LogP) is 3.25. The molecule has 0 aliphatic rings. The van der Waals surface area contributed by atoms with E-state index in [0.717, 1.165) is 5.56 Å². The standard InChI is InChI=1S/C15H16ClNO3S/c1-10-7-12(9-18)8-15(11(10)2)21(19,20)17-14-6-4-3-5-13(14)16/h3-8,17-18H,9H2,1-2H3. The van der Waals surface area contributed by atoms with Crippen molar-refractivity contribution in [3.63, 3.8) is 0 Å². The lowest BCUT2D eigenvalue weighted by Crippen LogP contribution is -2.15. The Morgan fingerprint density at radius 3 is 2.48 bits per heavy atom. The second kappa shape index (κ2) is 6.05. The lowest BCUT2D eigenvalue weighted by Gasteiger charge is -2.14. The molecule has 0 radical (unpaired) electrons. The van der Waals surface area contributed by atoms with Crippen LogP contribution in [-0.2, 0) is 16.6 Å². The fourth-order valence-corrected chi connectivity index (χ4v) is 3.70. The van der Waals surface area contributed by atoms with Crippen molar-refractivity contribution in [3.8, 4) is 0 Å². The van der Waals surface area contributed by atoms with Gasteiger partial charge in [-0.25, -0.2) is 8.42 Å². The molecule has 0 amide bonds. The van der Waals surface area contributed by atoms with Gasteiger partial charge in [0.05, 0.1) is 22.2 Å². The van der Waals surface area contributed by atoms with E-state index in [-0.39, 0.29) is 11.5 Å². The van der Waals surface area contributed by atoms with Gasteiger partial charge in [0.25, 0.3) is 10.0 Å². The van der Waals surface area contributed by atoms with Crippen molar-refractivity contribution in [2.75, 3.05) is 4.72 Å². The van der Waals surface area contributed by atoms with Crippen LogP contribution in [0.2, 0.25) is 5.02 Å². The van der Waals surface area contributed by atoms with Gasteiger partial charge in [-0.2, -0.15) is 0 Å². The Labute approximate surface area is 129 Å². The van der Waals surface area contributed by atoms with Crippen molar-refractivity contribution in [2.45, 2.75) is 25.3 Å². The summed E-state index contributed by atoms with van der Waals surface area (Å²) >= 11 is 5.98. The fourth-order valence-electron chi connectivity index (χ4n) is 2.01. The van der Waals surface area contributed by atoms with Crippen LogP contribution in [0, 0.1) is 13.8 Å². The van der Waals surface area contributed by atoms with E-state index in [9.17, 15) is 13.5 Å². The van der Waals surface area contributed by atoms with Crippen molar-refractivity contribution in [3.05, 3.63) is 58.1 Å². The Morgan fingerprint density at radius 2 is 1.86 bits per heavy atom. The van der Waals surface area contributed by atoms with Gasteiger partial charge in [-0.1, -0.05) is 29.8 Å². The molecule has 0 heterocycles. The zero-order valence-electron chi connectivity index (χ0n) is 11.7. The molecule has 2 N–H and O–H groups in total. The van der Waals surface area contributed by atoms with Gasteiger partial charge < -0.3 is 5.11 Å². The number of nitrogens with one attached hydrogen (secondary N) is 1. The SMILES string of the molecule is Cc1cc(CO)cc(S(=O)(=O)Nc2ccccc2Cl)c1C. The second-order valence-electron chi connectivity index (χ2n) is 4.78. The van der Waals surface area contributed by atoms with Crippen molar-refractivity contribution in [1.29, 1.82) is 0 Å². The maximum Gasteiger partial charge on any atom is 0.262 e. The molecule has 0 fully saturated rings. The van der Waals surface area contributed by atoms with Crippen LogP contribution in [0.25, 0.3) is 0 Å². The summed E-state index contributed by atoms with van der Waals surface area (Å²) in [5.41, 5.74) is 2.33. The molecular formula is C15H16ClNO3S. The molecule has 2 aromatic rings. The summed E-state index contributed by atoms with van der Waals surface area (Å²) in [6, 6.07) is 9.87. The number of aliphatic hydroxyl groups excluding tert-OH is 1. The number of aliphatic hydroxyl groups is 1. The molecule has 0 aliphatic carbocycles. The number of anilines is 1. The van der Waals surface area contributed by atoms with Crippen LogP contribution in [0.1, 0.15) is 16.7 Å². The first-order chi connectivity index (χ1) is 9.85. The Balaban J connectivity index is 2.50. The van der Waals surface area contributed by atoms with Crippen LogP contribution < -0.4 is 4.72 Å². The van der Waals surface area contributed by atoms with Gasteiger partial charge >= 0.3 is 0 Å². The van der Waals surface area contributed by atoms with E-state index in [1.807, 2.05) is 6.92 Å². The number of halogens is 1. The molecule has 6 heteroatoms. The molecule has 21 heavy (non-hydrogen) atoms. The van der Waals surface area contributed by atoms with E-state index in [2.05, 4.69) is 4.72 Å².